The number of nitriles is 1. The summed E-state index contributed by atoms with van der Waals surface area (Å²) in [5.41, 5.74) is 8.58. The molecule has 1 fully saturated rings. The van der Waals surface area contributed by atoms with Gasteiger partial charge in [0.1, 0.15) is 4.83 Å². The molecule has 1 aliphatic heterocycles. The van der Waals surface area contributed by atoms with E-state index in [4.69, 9.17) is 16.0 Å². The van der Waals surface area contributed by atoms with E-state index in [9.17, 15) is 4.79 Å². The molecule has 1 atom stereocenters. The molecule has 1 saturated heterocycles. The Bertz CT molecular complexity index is 1090. The maximum absolute atomic E-state index is 13.3. The van der Waals surface area contributed by atoms with E-state index in [0.717, 1.165) is 35.3 Å². The predicted molar refractivity (Wildman–Crippen MR) is 108 cm³/mol. The summed E-state index contributed by atoms with van der Waals surface area (Å²) >= 11 is 1.50. The first kappa shape index (κ1) is 17.7. The average Bonchev–Trinajstić information content (AvgIpc) is 3.05. The molecular weight excluding hydrogens is 358 g/mol. The lowest BCUT2D eigenvalue weighted by molar-refractivity contribution is 0.492. The van der Waals surface area contributed by atoms with Gasteiger partial charge in [0, 0.05) is 19.1 Å². The van der Waals surface area contributed by atoms with Crippen LogP contribution in [0.5, 0.6) is 0 Å². The molecule has 0 saturated carbocycles. The maximum atomic E-state index is 13.3. The van der Waals surface area contributed by atoms with Crippen LogP contribution in [0.1, 0.15) is 29.5 Å². The lowest BCUT2D eigenvalue weighted by Gasteiger charge is -2.33. The number of thiophene rings is 1. The molecule has 0 aliphatic carbocycles. The molecule has 3 heterocycles. The highest BCUT2D eigenvalue weighted by molar-refractivity contribution is 7.16. The highest BCUT2D eigenvalue weighted by Crippen LogP contribution is 2.25. The van der Waals surface area contributed by atoms with Crippen molar-refractivity contribution in [2.45, 2.75) is 32.4 Å². The summed E-state index contributed by atoms with van der Waals surface area (Å²) < 4.78 is 1.73. The minimum absolute atomic E-state index is 0.0322. The first-order valence-electron chi connectivity index (χ1n) is 9.05. The predicted octanol–water partition coefficient (Wildman–Crippen LogP) is 2.61. The number of hydrogen-bond donors (Lipinski definition) is 1. The Morgan fingerprint density at radius 1 is 1.44 bits per heavy atom. The number of hydrogen-bond acceptors (Lipinski definition) is 6. The van der Waals surface area contributed by atoms with Crippen molar-refractivity contribution in [3.63, 3.8) is 0 Å². The van der Waals surface area contributed by atoms with Gasteiger partial charge in [0.2, 0.25) is 5.95 Å². The summed E-state index contributed by atoms with van der Waals surface area (Å²) in [4.78, 5) is 21.1. The topological polar surface area (TPSA) is 87.9 Å². The zero-order valence-corrected chi connectivity index (χ0v) is 16.0. The molecule has 4 rings (SSSR count). The molecule has 1 aliphatic rings. The third-order valence-corrected chi connectivity index (χ3v) is 5.99. The Hall–Kier alpha value is -2.69. The molecule has 0 radical (unpaired) electrons. The van der Waals surface area contributed by atoms with Crippen molar-refractivity contribution in [1.29, 1.82) is 5.26 Å². The summed E-state index contributed by atoms with van der Waals surface area (Å²) in [6.07, 6.45) is 1.98. The van der Waals surface area contributed by atoms with Crippen LogP contribution < -0.4 is 16.2 Å². The summed E-state index contributed by atoms with van der Waals surface area (Å²) in [6.45, 7) is 3.86. The molecule has 6 nitrogen and oxygen atoms in total. The van der Waals surface area contributed by atoms with Crippen LogP contribution in [0.2, 0.25) is 0 Å². The molecule has 0 spiro atoms. The minimum Gasteiger partial charge on any atom is -0.341 e. The second kappa shape index (κ2) is 7.14. The normalized spacial score (nSPS) is 17.2. The Kier molecular flexibility index (Phi) is 4.68. The van der Waals surface area contributed by atoms with Gasteiger partial charge in [-0.05, 0) is 48.4 Å². The number of benzene rings is 1. The SMILES string of the molecule is Cc1csc2nc(N3CCC[C@@H](N)C3)n(Cc3cccc(C#N)c3)c(=O)c12. The van der Waals surface area contributed by atoms with E-state index in [1.54, 1.807) is 10.6 Å². The number of fused-ring (bicyclic) bond motifs is 1. The molecule has 3 aromatic rings. The van der Waals surface area contributed by atoms with Crippen molar-refractivity contribution in [3.05, 3.63) is 56.7 Å². The first-order chi connectivity index (χ1) is 13.1. The smallest absolute Gasteiger partial charge is 0.264 e. The number of anilines is 1. The van der Waals surface area contributed by atoms with Crippen LogP contribution >= 0.6 is 11.3 Å². The Labute approximate surface area is 161 Å². The van der Waals surface area contributed by atoms with Crippen LogP contribution in [0, 0.1) is 18.3 Å². The van der Waals surface area contributed by atoms with Crippen molar-refractivity contribution in [3.8, 4) is 6.07 Å². The molecule has 0 bridgehead atoms. The highest BCUT2D eigenvalue weighted by Gasteiger charge is 2.23. The van der Waals surface area contributed by atoms with Gasteiger partial charge in [-0.3, -0.25) is 9.36 Å². The molecule has 1 aromatic carbocycles. The molecular formula is C20H21N5OS. The number of aromatic nitrogens is 2. The number of aryl methyl sites for hydroxylation is 1. The maximum Gasteiger partial charge on any atom is 0.264 e. The van der Waals surface area contributed by atoms with Crippen LogP contribution in [0.25, 0.3) is 10.2 Å². The van der Waals surface area contributed by atoms with Gasteiger partial charge < -0.3 is 10.6 Å². The van der Waals surface area contributed by atoms with E-state index in [-0.39, 0.29) is 11.6 Å². The molecule has 138 valence electrons. The van der Waals surface area contributed by atoms with Gasteiger partial charge in [-0.1, -0.05) is 12.1 Å². The third kappa shape index (κ3) is 3.34. The van der Waals surface area contributed by atoms with Crippen molar-refractivity contribution in [2.75, 3.05) is 18.0 Å². The molecule has 0 amide bonds. The quantitative estimate of drug-likeness (QED) is 0.756. The van der Waals surface area contributed by atoms with Crippen LogP contribution in [-0.2, 0) is 6.54 Å². The van der Waals surface area contributed by atoms with Crippen molar-refractivity contribution in [1.82, 2.24) is 9.55 Å². The van der Waals surface area contributed by atoms with Gasteiger partial charge in [-0.15, -0.1) is 11.3 Å². The minimum atomic E-state index is -0.0322. The van der Waals surface area contributed by atoms with E-state index in [1.165, 1.54) is 11.3 Å². The number of nitrogens with two attached hydrogens (primary N) is 1. The average molecular weight is 379 g/mol. The van der Waals surface area contributed by atoms with Crippen LogP contribution in [0.4, 0.5) is 5.95 Å². The number of rotatable bonds is 3. The second-order valence-electron chi connectivity index (χ2n) is 7.06. The van der Waals surface area contributed by atoms with Gasteiger partial charge >= 0.3 is 0 Å². The molecule has 2 N–H and O–H groups in total. The molecule has 7 heteroatoms. The van der Waals surface area contributed by atoms with Gasteiger partial charge in [0.25, 0.3) is 5.56 Å². The van der Waals surface area contributed by atoms with E-state index in [2.05, 4.69) is 11.0 Å². The molecule has 27 heavy (non-hydrogen) atoms. The monoisotopic (exact) mass is 379 g/mol. The van der Waals surface area contributed by atoms with Gasteiger partial charge in [-0.25, -0.2) is 4.98 Å². The second-order valence-corrected chi connectivity index (χ2v) is 7.92. The van der Waals surface area contributed by atoms with Crippen LogP contribution in [0.3, 0.4) is 0 Å². The first-order valence-corrected chi connectivity index (χ1v) is 9.93. The van der Waals surface area contributed by atoms with Gasteiger partial charge in [0.15, 0.2) is 0 Å². The standard InChI is InChI=1S/C20H21N5OS/c1-13-12-27-18-17(13)19(26)25(10-15-5-2-4-14(8-15)9-21)20(23-18)24-7-3-6-16(22)11-24/h2,4-5,8,12,16H,3,6-7,10-11,22H2,1H3/t16-/m1/s1. The lowest BCUT2D eigenvalue weighted by atomic mass is 10.1. The largest absolute Gasteiger partial charge is 0.341 e. The van der Waals surface area contributed by atoms with E-state index >= 15 is 0 Å². The molecule has 2 aromatic heterocycles. The lowest BCUT2D eigenvalue weighted by Crippen LogP contribution is -2.45. The van der Waals surface area contributed by atoms with Crippen molar-refractivity contribution >= 4 is 27.5 Å². The molecule has 0 unspecified atom stereocenters. The fraction of sp³-hybridized carbons (Fsp3) is 0.350. The number of piperidine rings is 1. The van der Waals surface area contributed by atoms with Crippen LogP contribution in [-0.4, -0.2) is 28.7 Å². The Morgan fingerprint density at radius 2 is 2.30 bits per heavy atom. The van der Waals surface area contributed by atoms with E-state index in [0.29, 0.717) is 30.0 Å². The highest BCUT2D eigenvalue weighted by atomic mass is 32.1. The van der Waals surface area contributed by atoms with E-state index < -0.39 is 0 Å². The zero-order valence-electron chi connectivity index (χ0n) is 15.2. The Morgan fingerprint density at radius 3 is 3.07 bits per heavy atom. The number of nitrogens with zero attached hydrogens (tertiary/aromatic N) is 4. The summed E-state index contributed by atoms with van der Waals surface area (Å²) in [5.74, 6) is 0.673. The van der Waals surface area contributed by atoms with E-state index in [1.807, 2.05) is 30.5 Å². The summed E-state index contributed by atoms with van der Waals surface area (Å²) in [7, 11) is 0. The van der Waals surface area contributed by atoms with Crippen molar-refractivity contribution < 1.29 is 0 Å². The third-order valence-electron chi connectivity index (χ3n) is 4.99. The fourth-order valence-corrected chi connectivity index (χ4v) is 4.55. The van der Waals surface area contributed by atoms with Crippen molar-refractivity contribution in [2.24, 2.45) is 5.73 Å². The summed E-state index contributed by atoms with van der Waals surface area (Å²) in [6, 6.07) is 9.61. The zero-order chi connectivity index (χ0) is 19.0. The van der Waals surface area contributed by atoms with Gasteiger partial charge in [0.05, 0.1) is 23.6 Å². The summed E-state index contributed by atoms with van der Waals surface area (Å²) in [5, 5.41) is 11.8. The fourth-order valence-electron chi connectivity index (χ4n) is 3.65. The Balaban J connectivity index is 1.86. The van der Waals surface area contributed by atoms with Crippen LogP contribution in [0.15, 0.2) is 34.4 Å². The van der Waals surface area contributed by atoms with Gasteiger partial charge in [-0.2, -0.15) is 5.26 Å².